The molecular formula is C18H25N. The summed E-state index contributed by atoms with van der Waals surface area (Å²) in [5, 5.41) is 0. The third-order valence-electron chi connectivity index (χ3n) is 3.55. The highest BCUT2D eigenvalue weighted by Crippen LogP contribution is 2.33. The van der Waals surface area contributed by atoms with Crippen LogP contribution in [-0.4, -0.2) is 4.57 Å². The quantitative estimate of drug-likeness (QED) is 0.670. The molecule has 0 radical (unpaired) electrons. The van der Waals surface area contributed by atoms with E-state index in [1.807, 2.05) is 0 Å². The van der Waals surface area contributed by atoms with Crippen LogP contribution in [0.1, 0.15) is 52.7 Å². The first-order valence-electron chi connectivity index (χ1n) is 6.98. The molecule has 0 N–H and O–H groups in total. The summed E-state index contributed by atoms with van der Waals surface area (Å²) in [7, 11) is 0. The average molecular weight is 255 g/mol. The second kappa shape index (κ2) is 4.56. The molecule has 0 atom stereocenters. The Labute approximate surface area is 117 Å². The van der Waals surface area contributed by atoms with E-state index in [1.54, 1.807) is 0 Å². The first kappa shape index (κ1) is 13.9. The van der Waals surface area contributed by atoms with Gasteiger partial charge in [-0.25, -0.2) is 0 Å². The van der Waals surface area contributed by atoms with Crippen LogP contribution in [-0.2, 0) is 10.8 Å². The Balaban J connectivity index is 2.63. The Hall–Kier alpha value is -1.50. The molecule has 0 saturated heterocycles. The van der Waals surface area contributed by atoms with E-state index in [1.165, 1.54) is 16.8 Å². The van der Waals surface area contributed by atoms with E-state index >= 15 is 0 Å². The van der Waals surface area contributed by atoms with Crippen molar-refractivity contribution in [1.82, 2.24) is 4.57 Å². The summed E-state index contributed by atoms with van der Waals surface area (Å²) in [6, 6.07) is 11.0. The highest BCUT2D eigenvalue weighted by molar-refractivity contribution is 5.48. The predicted molar refractivity (Wildman–Crippen MR) is 83.2 cm³/mol. The average Bonchev–Trinajstić information content (AvgIpc) is 2.79. The Kier molecular flexibility index (Phi) is 3.34. The molecule has 1 aromatic carbocycles. The van der Waals surface area contributed by atoms with Crippen molar-refractivity contribution in [3.63, 3.8) is 0 Å². The van der Waals surface area contributed by atoms with Gasteiger partial charge in [0, 0.05) is 18.1 Å². The van der Waals surface area contributed by atoms with Gasteiger partial charge in [0.1, 0.15) is 0 Å². The Bertz CT molecular complexity index is 548. The molecule has 0 saturated carbocycles. The molecular weight excluding hydrogens is 230 g/mol. The van der Waals surface area contributed by atoms with Gasteiger partial charge in [-0.1, -0.05) is 53.7 Å². The lowest BCUT2D eigenvalue weighted by molar-refractivity contribution is 0.566. The molecule has 0 fully saturated rings. The molecule has 0 bridgehead atoms. The standard InChI is InChI=1S/C18H25N/c1-17(2,3)14-9-10-16(19-11-7-8-12-19)15(13-14)18(4,5)6/h7-13H,1-6H3. The third-order valence-corrected chi connectivity index (χ3v) is 3.55. The SMILES string of the molecule is CC(C)(C)c1ccc(-n2cccc2)c(C(C)(C)C)c1. The van der Waals surface area contributed by atoms with Gasteiger partial charge in [-0.05, 0) is 40.2 Å². The van der Waals surface area contributed by atoms with E-state index in [-0.39, 0.29) is 10.8 Å². The van der Waals surface area contributed by atoms with E-state index in [2.05, 4.69) is 88.8 Å². The molecule has 1 nitrogen and oxygen atoms in total. The van der Waals surface area contributed by atoms with E-state index < -0.39 is 0 Å². The maximum Gasteiger partial charge on any atom is 0.0486 e. The van der Waals surface area contributed by atoms with Crippen LogP contribution in [0.3, 0.4) is 0 Å². The fourth-order valence-corrected chi connectivity index (χ4v) is 2.32. The smallest absolute Gasteiger partial charge is 0.0486 e. The van der Waals surface area contributed by atoms with Crippen LogP contribution in [0.25, 0.3) is 5.69 Å². The summed E-state index contributed by atoms with van der Waals surface area (Å²) in [4.78, 5) is 0. The van der Waals surface area contributed by atoms with Crippen LogP contribution in [0.4, 0.5) is 0 Å². The summed E-state index contributed by atoms with van der Waals surface area (Å²) in [5.41, 5.74) is 4.41. The number of rotatable bonds is 1. The number of benzene rings is 1. The van der Waals surface area contributed by atoms with Crippen molar-refractivity contribution in [1.29, 1.82) is 0 Å². The minimum Gasteiger partial charge on any atom is -0.324 e. The second-order valence-electron chi connectivity index (χ2n) is 7.32. The fraction of sp³-hybridized carbons (Fsp3) is 0.444. The zero-order valence-electron chi connectivity index (χ0n) is 13.0. The largest absolute Gasteiger partial charge is 0.324 e. The van der Waals surface area contributed by atoms with Gasteiger partial charge in [-0.15, -0.1) is 0 Å². The van der Waals surface area contributed by atoms with Gasteiger partial charge in [0.2, 0.25) is 0 Å². The van der Waals surface area contributed by atoms with Crippen molar-refractivity contribution < 1.29 is 0 Å². The van der Waals surface area contributed by atoms with Gasteiger partial charge < -0.3 is 4.57 Å². The number of hydrogen-bond acceptors (Lipinski definition) is 0. The molecule has 0 amide bonds. The van der Waals surface area contributed by atoms with E-state index in [4.69, 9.17) is 0 Å². The number of hydrogen-bond donors (Lipinski definition) is 0. The van der Waals surface area contributed by atoms with Crippen molar-refractivity contribution in [3.8, 4) is 5.69 Å². The van der Waals surface area contributed by atoms with Crippen LogP contribution >= 0.6 is 0 Å². The van der Waals surface area contributed by atoms with Crippen LogP contribution in [0.5, 0.6) is 0 Å². The minimum absolute atomic E-state index is 0.140. The predicted octanol–water partition coefficient (Wildman–Crippen LogP) is 5.07. The Morgan fingerprint density at radius 3 is 1.84 bits per heavy atom. The van der Waals surface area contributed by atoms with Crippen molar-refractivity contribution >= 4 is 0 Å². The fourth-order valence-electron chi connectivity index (χ4n) is 2.32. The molecule has 0 aliphatic heterocycles. The molecule has 102 valence electrons. The van der Waals surface area contributed by atoms with Gasteiger partial charge in [-0.3, -0.25) is 0 Å². The lowest BCUT2D eigenvalue weighted by Gasteiger charge is -2.27. The van der Waals surface area contributed by atoms with Gasteiger partial charge in [0.05, 0.1) is 0 Å². The van der Waals surface area contributed by atoms with Gasteiger partial charge in [-0.2, -0.15) is 0 Å². The van der Waals surface area contributed by atoms with Crippen LogP contribution in [0.15, 0.2) is 42.7 Å². The molecule has 0 aliphatic carbocycles. The molecule has 0 spiro atoms. The summed E-state index contributed by atoms with van der Waals surface area (Å²) in [5.74, 6) is 0. The lowest BCUT2D eigenvalue weighted by atomic mass is 9.80. The molecule has 2 rings (SSSR count). The molecule has 1 heteroatoms. The topological polar surface area (TPSA) is 4.93 Å². The molecule has 2 aromatic rings. The molecule has 0 aliphatic rings. The van der Waals surface area contributed by atoms with Gasteiger partial charge in [0.25, 0.3) is 0 Å². The summed E-state index contributed by atoms with van der Waals surface area (Å²) in [6.07, 6.45) is 4.22. The van der Waals surface area contributed by atoms with Crippen molar-refractivity contribution in [3.05, 3.63) is 53.9 Å². The Morgan fingerprint density at radius 2 is 1.37 bits per heavy atom. The second-order valence-corrected chi connectivity index (χ2v) is 7.32. The molecule has 0 unspecified atom stereocenters. The maximum absolute atomic E-state index is 2.37. The molecule has 1 aromatic heterocycles. The van der Waals surface area contributed by atoms with Crippen LogP contribution < -0.4 is 0 Å². The zero-order chi connectivity index (χ0) is 14.3. The van der Waals surface area contributed by atoms with Crippen molar-refractivity contribution in [2.45, 2.75) is 52.4 Å². The summed E-state index contributed by atoms with van der Waals surface area (Å²) < 4.78 is 2.20. The van der Waals surface area contributed by atoms with E-state index in [0.29, 0.717) is 0 Å². The monoisotopic (exact) mass is 255 g/mol. The first-order chi connectivity index (χ1) is 8.69. The van der Waals surface area contributed by atoms with Crippen molar-refractivity contribution in [2.75, 3.05) is 0 Å². The zero-order valence-corrected chi connectivity index (χ0v) is 13.0. The Morgan fingerprint density at radius 1 is 0.789 bits per heavy atom. The third kappa shape index (κ3) is 2.91. The maximum atomic E-state index is 2.37. The minimum atomic E-state index is 0.140. The molecule has 19 heavy (non-hydrogen) atoms. The number of nitrogens with zero attached hydrogens (tertiary/aromatic N) is 1. The van der Waals surface area contributed by atoms with E-state index in [0.717, 1.165) is 0 Å². The van der Waals surface area contributed by atoms with Crippen molar-refractivity contribution in [2.24, 2.45) is 0 Å². The first-order valence-corrected chi connectivity index (χ1v) is 6.98. The summed E-state index contributed by atoms with van der Waals surface area (Å²) in [6.45, 7) is 13.6. The van der Waals surface area contributed by atoms with Crippen LogP contribution in [0, 0.1) is 0 Å². The normalized spacial score (nSPS) is 12.7. The molecule has 1 heterocycles. The lowest BCUT2D eigenvalue weighted by Crippen LogP contribution is -2.18. The van der Waals surface area contributed by atoms with Gasteiger partial charge in [0.15, 0.2) is 0 Å². The number of aromatic nitrogens is 1. The van der Waals surface area contributed by atoms with E-state index in [9.17, 15) is 0 Å². The highest BCUT2D eigenvalue weighted by Gasteiger charge is 2.22. The summed E-state index contributed by atoms with van der Waals surface area (Å²) >= 11 is 0. The van der Waals surface area contributed by atoms with Gasteiger partial charge >= 0.3 is 0 Å². The highest BCUT2D eigenvalue weighted by atomic mass is 14.9. The van der Waals surface area contributed by atoms with Crippen LogP contribution in [0.2, 0.25) is 0 Å².